The van der Waals surface area contributed by atoms with Gasteiger partial charge in [-0.3, -0.25) is 4.79 Å². The SMILES string of the molecule is N#CCC(=O)N=C1S[C@H]2CS(=O)(=O)C[C@@H]2N1CCc1ccc(F)cc1. The molecule has 2 atom stereocenters. The van der Waals surface area contributed by atoms with Crippen molar-refractivity contribution in [3.05, 3.63) is 35.6 Å². The van der Waals surface area contributed by atoms with Crippen molar-refractivity contribution in [2.24, 2.45) is 4.99 Å². The van der Waals surface area contributed by atoms with Gasteiger partial charge in [0.15, 0.2) is 15.0 Å². The molecule has 2 heterocycles. The van der Waals surface area contributed by atoms with Crippen LogP contribution in [0, 0.1) is 17.1 Å². The molecule has 132 valence electrons. The van der Waals surface area contributed by atoms with E-state index in [4.69, 9.17) is 5.26 Å². The molecular weight excluding hydrogens is 365 g/mol. The first-order valence-corrected chi connectivity index (χ1v) is 10.4. The number of amidine groups is 1. The molecule has 0 aromatic heterocycles. The largest absolute Gasteiger partial charge is 0.346 e. The van der Waals surface area contributed by atoms with Crippen LogP contribution in [0.5, 0.6) is 0 Å². The molecule has 9 heteroatoms. The molecule has 25 heavy (non-hydrogen) atoms. The van der Waals surface area contributed by atoms with E-state index >= 15 is 0 Å². The monoisotopic (exact) mass is 381 g/mol. The van der Waals surface area contributed by atoms with Crippen molar-refractivity contribution in [1.82, 2.24) is 4.90 Å². The predicted molar refractivity (Wildman–Crippen MR) is 93.3 cm³/mol. The van der Waals surface area contributed by atoms with Gasteiger partial charge in [-0.2, -0.15) is 10.3 Å². The minimum atomic E-state index is -3.09. The number of nitrogens with zero attached hydrogens (tertiary/aromatic N) is 3. The lowest BCUT2D eigenvalue weighted by atomic mass is 10.1. The number of carbonyl (C=O) groups excluding carboxylic acids is 1. The third kappa shape index (κ3) is 4.19. The van der Waals surface area contributed by atoms with Crippen LogP contribution in [-0.2, 0) is 21.1 Å². The summed E-state index contributed by atoms with van der Waals surface area (Å²) < 4.78 is 36.8. The van der Waals surface area contributed by atoms with Crippen molar-refractivity contribution >= 4 is 32.7 Å². The van der Waals surface area contributed by atoms with E-state index in [1.54, 1.807) is 18.2 Å². The summed E-state index contributed by atoms with van der Waals surface area (Å²) in [6.45, 7) is 0.480. The van der Waals surface area contributed by atoms with E-state index in [9.17, 15) is 17.6 Å². The lowest BCUT2D eigenvalue weighted by molar-refractivity contribution is -0.116. The summed E-state index contributed by atoms with van der Waals surface area (Å²) in [6, 6.07) is 7.66. The standard InChI is InChI=1S/C16H16FN3O3S2/c17-12-3-1-11(2-4-12)6-8-20-13-9-25(22,23)10-14(13)24-16(20)19-15(21)5-7-18/h1-4,13-14H,5-6,8-10H2/t13-,14-/m0/s1. The lowest BCUT2D eigenvalue weighted by Crippen LogP contribution is -2.39. The second kappa shape index (κ2) is 7.14. The number of halogens is 1. The summed E-state index contributed by atoms with van der Waals surface area (Å²) in [4.78, 5) is 17.5. The maximum absolute atomic E-state index is 13.0. The summed E-state index contributed by atoms with van der Waals surface area (Å²) >= 11 is 1.29. The van der Waals surface area contributed by atoms with Crippen LogP contribution in [0.25, 0.3) is 0 Å². The van der Waals surface area contributed by atoms with Gasteiger partial charge in [0.25, 0.3) is 5.91 Å². The van der Waals surface area contributed by atoms with E-state index in [2.05, 4.69) is 4.99 Å². The Morgan fingerprint density at radius 1 is 1.36 bits per heavy atom. The number of benzene rings is 1. The molecule has 1 aromatic rings. The molecule has 2 aliphatic heterocycles. The van der Waals surface area contributed by atoms with Crippen molar-refractivity contribution in [3.8, 4) is 6.07 Å². The Morgan fingerprint density at radius 3 is 2.76 bits per heavy atom. The topological polar surface area (TPSA) is 90.6 Å². The summed E-state index contributed by atoms with van der Waals surface area (Å²) in [5, 5.41) is 8.94. The highest BCUT2D eigenvalue weighted by Gasteiger charge is 2.48. The van der Waals surface area contributed by atoms with Crippen LogP contribution in [0.15, 0.2) is 29.3 Å². The van der Waals surface area contributed by atoms with Crippen LogP contribution in [0.2, 0.25) is 0 Å². The van der Waals surface area contributed by atoms with Gasteiger partial charge in [-0.25, -0.2) is 12.8 Å². The van der Waals surface area contributed by atoms with Crippen molar-refractivity contribution in [3.63, 3.8) is 0 Å². The van der Waals surface area contributed by atoms with Gasteiger partial charge in [0.05, 0.1) is 23.6 Å². The fourth-order valence-electron chi connectivity index (χ4n) is 3.01. The first kappa shape index (κ1) is 17.9. The molecule has 1 aromatic carbocycles. The second-order valence-electron chi connectivity index (χ2n) is 5.99. The molecule has 2 aliphatic rings. The normalized spacial score (nSPS) is 25.8. The first-order valence-electron chi connectivity index (χ1n) is 7.74. The molecule has 0 unspecified atom stereocenters. The Kier molecular flexibility index (Phi) is 5.11. The zero-order valence-corrected chi connectivity index (χ0v) is 14.9. The van der Waals surface area contributed by atoms with Crippen LogP contribution in [-0.4, -0.2) is 53.7 Å². The smallest absolute Gasteiger partial charge is 0.262 e. The average molecular weight is 381 g/mol. The second-order valence-corrected chi connectivity index (χ2v) is 9.35. The molecule has 0 N–H and O–H groups in total. The van der Waals surface area contributed by atoms with Gasteiger partial charge >= 0.3 is 0 Å². The summed E-state index contributed by atoms with van der Waals surface area (Å²) in [7, 11) is -3.09. The third-order valence-corrected chi connectivity index (χ3v) is 7.43. The Morgan fingerprint density at radius 2 is 2.08 bits per heavy atom. The maximum atomic E-state index is 13.0. The molecule has 0 saturated carbocycles. The molecule has 0 spiro atoms. The van der Waals surface area contributed by atoms with Crippen molar-refractivity contribution in [2.75, 3.05) is 18.1 Å². The van der Waals surface area contributed by atoms with E-state index in [0.29, 0.717) is 18.1 Å². The number of thioether (sulfide) groups is 1. The molecular formula is C16H16FN3O3S2. The van der Waals surface area contributed by atoms with E-state index in [1.807, 2.05) is 4.90 Å². The number of nitriles is 1. The Bertz CT molecular complexity index is 846. The van der Waals surface area contributed by atoms with Gasteiger partial charge in [0.2, 0.25) is 0 Å². The fourth-order valence-corrected chi connectivity index (χ4v) is 7.01. The van der Waals surface area contributed by atoms with Crippen LogP contribution in [0.3, 0.4) is 0 Å². The van der Waals surface area contributed by atoms with Crippen molar-refractivity contribution in [2.45, 2.75) is 24.1 Å². The number of hydrogen-bond donors (Lipinski definition) is 0. The quantitative estimate of drug-likeness (QED) is 0.783. The molecule has 3 rings (SSSR count). The van der Waals surface area contributed by atoms with Crippen LogP contribution in [0.1, 0.15) is 12.0 Å². The van der Waals surface area contributed by atoms with E-state index < -0.39 is 15.7 Å². The van der Waals surface area contributed by atoms with Crippen LogP contribution in [0.4, 0.5) is 4.39 Å². The molecule has 1 amide bonds. The number of rotatable bonds is 4. The van der Waals surface area contributed by atoms with Gasteiger partial charge in [-0.05, 0) is 24.1 Å². The summed E-state index contributed by atoms with van der Waals surface area (Å²) in [5.41, 5.74) is 0.915. The molecule has 2 fully saturated rings. The van der Waals surface area contributed by atoms with Gasteiger partial charge in [0, 0.05) is 11.8 Å². The molecule has 2 saturated heterocycles. The third-order valence-electron chi connectivity index (χ3n) is 4.18. The minimum absolute atomic E-state index is 0.0412. The van der Waals surface area contributed by atoms with Gasteiger partial charge in [-0.1, -0.05) is 23.9 Å². The molecule has 0 radical (unpaired) electrons. The average Bonchev–Trinajstić information content (AvgIpc) is 2.98. The summed E-state index contributed by atoms with van der Waals surface area (Å²) in [5.74, 6) is -0.730. The van der Waals surface area contributed by atoms with E-state index in [-0.39, 0.29) is 35.0 Å². The molecule has 0 bridgehead atoms. The van der Waals surface area contributed by atoms with E-state index in [1.165, 1.54) is 23.9 Å². The van der Waals surface area contributed by atoms with Crippen molar-refractivity contribution < 1.29 is 17.6 Å². The van der Waals surface area contributed by atoms with Gasteiger partial charge in [-0.15, -0.1) is 0 Å². The highest BCUT2D eigenvalue weighted by Crippen LogP contribution is 2.38. The van der Waals surface area contributed by atoms with Crippen LogP contribution >= 0.6 is 11.8 Å². The van der Waals surface area contributed by atoms with Crippen LogP contribution < -0.4 is 0 Å². The lowest BCUT2D eigenvalue weighted by Gasteiger charge is -2.24. The first-order chi connectivity index (χ1) is 11.9. The highest BCUT2D eigenvalue weighted by atomic mass is 32.2. The molecule has 6 nitrogen and oxygen atoms in total. The van der Waals surface area contributed by atoms with Gasteiger partial charge < -0.3 is 4.90 Å². The Hall–Kier alpha value is -1.92. The van der Waals surface area contributed by atoms with Gasteiger partial charge in [0.1, 0.15) is 12.2 Å². The highest BCUT2D eigenvalue weighted by molar-refractivity contribution is 8.15. The van der Waals surface area contributed by atoms with E-state index in [0.717, 1.165) is 5.56 Å². The number of hydrogen-bond acceptors (Lipinski definition) is 5. The Labute approximate surface area is 149 Å². The zero-order valence-electron chi connectivity index (χ0n) is 13.3. The molecule has 0 aliphatic carbocycles. The van der Waals surface area contributed by atoms with Crippen molar-refractivity contribution in [1.29, 1.82) is 5.26 Å². The Balaban J connectivity index is 1.78. The maximum Gasteiger partial charge on any atom is 0.262 e. The number of sulfone groups is 1. The number of carbonyl (C=O) groups is 1. The minimum Gasteiger partial charge on any atom is -0.346 e. The number of aliphatic imine (C=N–C) groups is 1. The fraction of sp³-hybridized carbons (Fsp3) is 0.438. The zero-order chi connectivity index (χ0) is 18.0. The predicted octanol–water partition coefficient (Wildman–Crippen LogP) is 1.38. The number of amides is 1. The summed E-state index contributed by atoms with van der Waals surface area (Å²) in [6.07, 6.45) is 0.277. The number of fused-ring (bicyclic) bond motifs is 1.